The largest absolute Gasteiger partial charge is 0.460 e. The average molecular weight is 901 g/mol. The molecule has 0 radical (unpaired) electrons. The molecular formula is C42H38Cl4N4O10. The molecule has 2 aromatic heterocycles. The Balaban J connectivity index is 0.000000181. The van der Waals surface area contributed by atoms with Crippen molar-refractivity contribution in [2.75, 3.05) is 54.2 Å². The molecule has 2 aliphatic rings. The maximum absolute atomic E-state index is 13.3. The fourth-order valence-electron chi connectivity index (χ4n) is 7.11. The smallest absolute Gasteiger partial charge is 0.338 e. The van der Waals surface area contributed by atoms with Crippen LogP contribution in [0.5, 0.6) is 0 Å². The van der Waals surface area contributed by atoms with Crippen molar-refractivity contribution in [3.63, 3.8) is 0 Å². The summed E-state index contributed by atoms with van der Waals surface area (Å²) in [5, 5.41) is 0.108. The van der Waals surface area contributed by atoms with Gasteiger partial charge in [0.25, 0.3) is 11.8 Å². The van der Waals surface area contributed by atoms with Crippen LogP contribution in [-0.4, -0.2) is 91.1 Å². The first-order valence-electron chi connectivity index (χ1n) is 18.5. The van der Waals surface area contributed by atoms with Crippen LogP contribution in [0.25, 0.3) is 44.8 Å². The Hall–Kier alpha value is -4.45. The molecule has 314 valence electrons. The first kappa shape index (κ1) is 43.6. The van der Waals surface area contributed by atoms with E-state index in [0.717, 1.165) is 50.2 Å². The zero-order valence-electron chi connectivity index (χ0n) is 33.3. The molecule has 2 aliphatic heterocycles. The number of carbonyl (C=O) groups is 3. The number of esters is 1. The predicted octanol–water partition coefficient (Wildman–Crippen LogP) is 9.10. The van der Waals surface area contributed by atoms with E-state index in [0.29, 0.717) is 29.8 Å². The summed E-state index contributed by atoms with van der Waals surface area (Å²) in [6.07, 6.45) is 0. The Morgan fingerprint density at radius 2 is 1.13 bits per heavy atom. The molecule has 0 amide bonds. The van der Waals surface area contributed by atoms with Crippen LogP contribution in [0.15, 0.2) is 36.4 Å². The van der Waals surface area contributed by atoms with Crippen molar-refractivity contribution in [2.24, 2.45) is 0 Å². The third kappa shape index (κ3) is 7.82. The SMILES string of the molecule is COCOCCOC(=O)c1ccc2nc3n(c2c1)C(=O)c1c(Cl)c(Cl)c(Cl)c(Cl)c1-3.COCOCCOOCc1ccc2nc3n(c2c1)C(=O)c1c(C)c(C)c(C)c(C)c1-3. The van der Waals surface area contributed by atoms with Gasteiger partial charge in [0.1, 0.15) is 39.2 Å². The van der Waals surface area contributed by atoms with Crippen LogP contribution in [0.4, 0.5) is 0 Å². The molecule has 0 saturated carbocycles. The molecule has 0 saturated heterocycles. The van der Waals surface area contributed by atoms with Crippen molar-refractivity contribution < 1.29 is 47.8 Å². The molecule has 8 rings (SSSR count). The highest BCUT2D eigenvalue weighted by Crippen LogP contribution is 2.49. The second-order valence-corrected chi connectivity index (χ2v) is 15.3. The van der Waals surface area contributed by atoms with Gasteiger partial charge in [-0.15, -0.1) is 0 Å². The van der Waals surface area contributed by atoms with Crippen LogP contribution in [-0.2, 0) is 40.1 Å². The van der Waals surface area contributed by atoms with Gasteiger partial charge in [-0.1, -0.05) is 52.5 Å². The number of nitrogens with zero attached hydrogens (tertiary/aromatic N) is 4. The molecule has 0 N–H and O–H groups in total. The summed E-state index contributed by atoms with van der Waals surface area (Å²) >= 11 is 24.8. The summed E-state index contributed by atoms with van der Waals surface area (Å²) in [6.45, 7) is 9.77. The van der Waals surface area contributed by atoms with Gasteiger partial charge in [-0.25, -0.2) is 24.5 Å². The minimum absolute atomic E-state index is 0.00339. The van der Waals surface area contributed by atoms with E-state index < -0.39 is 11.9 Å². The lowest BCUT2D eigenvalue weighted by Crippen LogP contribution is -2.12. The Morgan fingerprint density at radius 1 is 0.600 bits per heavy atom. The van der Waals surface area contributed by atoms with Crippen LogP contribution in [0.3, 0.4) is 0 Å². The van der Waals surface area contributed by atoms with E-state index in [9.17, 15) is 14.4 Å². The normalized spacial score (nSPS) is 12.5. The van der Waals surface area contributed by atoms with Crippen molar-refractivity contribution in [1.82, 2.24) is 19.1 Å². The molecule has 0 aliphatic carbocycles. The lowest BCUT2D eigenvalue weighted by atomic mass is 9.90. The van der Waals surface area contributed by atoms with Crippen LogP contribution < -0.4 is 0 Å². The highest BCUT2D eigenvalue weighted by Gasteiger charge is 2.38. The van der Waals surface area contributed by atoms with E-state index in [-0.39, 0.29) is 76.4 Å². The van der Waals surface area contributed by atoms with Crippen LogP contribution in [0, 0.1) is 27.7 Å². The third-order valence-electron chi connectivity index (χ3n) is 10.3. The van der Waals surface area contributed by atoms with Gasteiger partial charge < -0.3 is 23.7 Å². The number of rotatable bonds is 14. The molecule has 60 heavy (non-hydrogen) atoms. The molecule has 4 aromatic carbocycles. The standard InChI is InChI=1S/C23H26N2O5.C19H12Cl4N2O5/c1-13-14(2)16(4)21-20(15(13)3)22-24-18-7-6-17(10-19(18)25(22)23(21)26)11-30-29-9-8-28-12-27-5;1-28-7-29-4-5-30-19(27)8-2-3-9-10(6-8)25-17(24-9)11-12(18(25)26)14(21)16(23)15(22)13(11)20/h6-7,10H,8-9,11-12H2,1-5H3;2-3,6H,4-5,7H2,1H3. The second kappa shape index (κ2) is 18.3. The minimum atomic E-state index is -0.571. The highest BCUT2D eigenvalue weighted by molar-refractivity contribution is 6.54. The summed E-state index contributed by atoms with van der Waals surface area (Å²) in [6, 6.07) is 10.5. The molecule has 0 fully saturated rings. The minimum Gasteiger partial charge on any atom is -0.460 e. The molecule has 18 heteroatoms. The van der Waals surface area contributed by atoms with Gasteiger partial charge in [0.05, 0.1) is 77.6 Å². The fourth-order valence-corrected chi connectivity index (χ4v) is 8.13. The topological polar surface area (TPSA) is 151 Å². The number of aromatic nitrogens is 4. The molecule has 0 atom stereocenters. The van der Waals surface area contributed by atoms with Crippen LogP contribution in [0.2, 0.25) is 20.1 Å². The van der Waals surface area contributed by atoms with Crippen molar-refractivity contribution in [1.29, 1.82) is 0 Å². The van der Waals surface area contributed by atoms with Crippen LogP contribution >= 0.6 is 46.4 Å². The third-order valence-corrected chi connectivity index (χ3v) is 12.1. The van der Waals surface area contributed by atoms with Gasteiger partial charge in [0.2, 0.25) is 0 Å². The van der Waals surface area contributed by atoms with Gasteiger partial charge in [0, 0.05) is 19.8 Å². The molecule has 14 nitrogen and oxygen atoms in total. The number of methoxy groups -OCH3 is 2. The molecule has 0 bridgehead atoms. The maximum atomic E-state index is 13.3. The van der Waals surface area contributed by atoms with Gasteiger partial charge in [-0.05, 0) is 85.8 Å². The number of carbonyl (C=O) groups excluding carboxylic acids is 3. The Labute approximate surface area is 363 Å². The first-order valence-corrected chi connectivity index (χ1v) is 20.0. The summed E-state index contributed by atoms with van der Waals surface area (Å²) in [7, 11) is 3.06. The number of hydrogen-bond donors (Lipinski definition) is 0. The monoisotopic (exact) mass is 898 g/mol. The van der Waals surface area contributed by atoms with Crippen LogP contribution in [0.1, 0.15) is 58.9 Å². The lowest BCUT2D eigenvalue weighted by Gasteiger charge is -2.13. The van der Waals surface area contributed by atoms with E-state index in [1.807, 2.05) is 25.1 Å². The summed E-state index contributed by atoms with van der Waals surface area (Å²) in [4.78, 5) is 58.4. The van der Waals surface area contributed by atoms with Crippen molar-refractivity contribution in [3.05, 3.63) is 101 Å². The maximum Gasteiger partial charge on any atom is 0.338 e. The lowest BCUT2D eigenvalue weighted by molar-refractivity contribution is -0.309. The Kier molecular flexibility index (Phi) is 13.3. The molecular weight excluding hydrogens is 862 g/mol. The fraction of sp³-hybridized carbons (Fsp3) is 0.310. The van der Waals surface area contributed by atoms with E-state index in [1.165, 1.54) is 23.3 Å². The molecule has 4 heterocycles. The number of fused-ring (bicyclic) bond motifs is 10. The van der Waals surface area contributed by atoms with E-state index in [4.69, 9.17) is 84.8 Å². The number of imidazole rings is 2. The zero-order valence-corrected chi connectivity index (χ0v) is 36.3. The van der Waals surface area contributed by atoms with Gasteiger partial charge in [-0.2, -0.15) is 0 Å². The molecule has 0 unspecified atom stereocenters. The van der Waals surface area contributed by atoms with E-state index in [2.05, 4.69) is 25.8 Å². The van der Waals surface area contributed by atoms with Gasteiger partial charge in [0.15, 0.2) is 5.82 Å². The van der Waals surface area contributed by atoms with Crippen molar-refractivity contribution in [3.8, 4) is 22.8 Å². The summed E-state index contributed by atoms with van der Waals surface area (Å²) in [5.74, 6) is -0.0619. The second-order valence-electron chi connectivity index (χ2n) is 13.8. The van der Waals surface area contributed by atoms with Gasteiger partial charge >= 0.3 is 5.97 Å². The molecule has 0 spiro atoms. The molecule has 6 aromatic rings. The predicted molar refractivity (Wildman–Crippen MR) is 225 cm³/mol. The zero-order chi connectivity index (χ0) is 43.0. The van der Waals surface area contributed by atoms with Crippen molar-refractivity contribution in [2.45, 2.75) is 34.3 Å². The van der Waals surface area contributed by atoms with Gasteiger partial charge in [-0.3, -0.25) is 18.7 Å². The van der Waals surface area contributed by atoms with Crippen molar-refractivity contribution >= 4 is 86.3 Å². The number of ether oxygens (including phenoxy) is 5. The Morgan fingerprint density at radius 3 is 1.77 bits per heavy atom. The average Bonchev–Trinajstić information content (AvgIpc) is 3.97. The Bertz CT molecular complexity index is 2710. The number of benzene rings is 4. The first-order chi connectivity index (χ1) is 28.8. The van der Waals surface area contributed by atoms with E-state index in [1.54, 1.807) is 23.8 Å². The number of halogens is 4. The summed E-state index contributed by atoms with van der Waals surface area (Å²) in [5.41, 5.74) is 10.2. The highest BCUT2D eigenvalue weighted by atomic mass is 35.5. The quantitative estimate of drug-likeness (QED) is 0.0195. The summed E-state index contributed by atoms with van der Waals surface area (Å²) < 4.78 is 28.0. The number of hydrogen-bond acceptors (Lipinski definition) is 12. The van der Waals surface area contributed by atoms with E-state index >= 15 is 0 Å².